The first-order valence-corrected chi connectivity index (χ1v) is 8.13. The van der Waals surface area contributed by atoms with Gasteiger partial charge in [0.05, 0.1) is 11.0 Å². The summed E-state index contributed by atoms with van der Waals surface area (Å²) in [7, 11) is -2.95. The van der Waals surface area contributed by atoms with Crippen molar-refractivity contribution >= 4 is 9.84 Å². The highest BCUT2D eigenvalue weighted by atomic mass is 32.2. The molecule has 0 aromatic rings. The van der Waals surface area contributed by atoms with Crippen LogP contribution in [0.4, 0.5) is 0 Å². The first kappa shape index (κ1) is 16.9. The van der Waals surface area contributed by atoms with Crippen LogP contribution in [0.1, 0.15) is 34.1 Å². The topological polar surface area (TPSA) is 55.4 Å². The lowest BCUT2D eigenvalue weighted by Crippen LogP contribution is -2.31. The van der Waals surface area contributed by atoms with Gasteiger partial charge in [0.15, 0.2) is 9.84 Å². The molecule has 4 nitrogen and oxygen atoms in total. The fourth-order valence-electron chi connectivity index (χ4n) is 1.38. The molecule has 1 unspecified atom stereocenters. The summed E-state index contributed by atoms with van der Waals surface area (Å²) < 4.78 is 28.9. The summed E-state index contributed by atoms with van der Waals surface area (Å²) in [6.45, 7) is 10.5. The minimum Gasteiger partial charge on any atom is -0.382 e. The second kappa shape index (κ2) is 8.89. The zero-order valence-electron chi connectivity index (χ0n) is 11.5. The molecule has 0 radical (unpaired) electrons. The van der Waals surface area contributed by atoms with Gasteiger partial charge in [-0.2, -0.15) is 0 Å². The Hall–Kier alpha value is -0.130. The van der Waals surface area contributed by atoms with Crippen molar-refractivity contribution in [2.45, 2.75) is 39.4 Å². The summed E-state index contributed by atoms with van der Waals surface area (Å²) in [6.07, 6.45) is 0.924. The van der Waals surface area contributed by atoms with E-state index in [9.17, 15) is 8.42 Å². The minimum atomic E-state index is -2.95. The molecule has 1 N–H and O–H groups in total. The van der Waals surface area contributed by atoms with E-state index in [1.807, 2.05) is 20.8 Å². The molecule has 0 spiro atoms. The molecule has 0 aliphatic rings. The van der Waals surface area contributed by atoms with Gasteiger partial charge in [-0.1, -0.05) is 13.8 Å². The number of hydrogen-bond donors (Lipinski definition) is 1. The van der Waals surface area contributed by atoms with E-state index < -0.39 is 9.84 Å². The van der Waals surface area contributed by atoms with Crippen molar-refractivity contribution in [3.8, 4) is 0 Å². The molecule has 0 aromatic carbocycles. The van der Waals surface area contributed by atoms with Crippen LogP contribution in [0, 0.1) is 5.92 Å². The normalized spacial score (nSPS) is 14.2. The number of ether oxygens (including phenoxy) is 1. The van der Waals surface area contributed by atoms with Gasteiger partial charge in [0, 0.05) is 19.8 Å². The van der Waals surface area contributed by atoms with Gasteiger partial charge >= 0.3 is 0 Å². The van der Waals surface area contributed by atoms with Crippen molar-refractivity contribution < 1.29 is 13.2 Å². The Balaban J connectivity index is 3.67. The van der Waals surface area contributed by atoms with E-state index in [2.05, 4.69) is 5.32 Å². The Bertz CT molecular complexity index is 275. The predicted octanol–water partition coefficient (Wildman–Crippen LogP) is 1.46. The van der Waals surface area contributed by atoms with Gasteiger partial charge in [-0.25, -0.2) is 8.42 Å². The molecule has 0 saturated carbocycles. The minimum absolute atomic E-state index is 0.179. The fraction of sp³-hybridized carbons (Fsp3) is 1.00. The van der Waals surface area contributed by atoms with Crippen molar-refractivity contribution in [1.82, 2.24) is 5.32 Å². The second-order valence-electron chi connectivity index (χ2n) is 4.62. The van der Waals surface area contributed by atoms with Crippen LogP contribution < -0.4 is 5.32 Å². The summed E-state index contributed by atoms with van der Waals surface area (Å²) in [6, 6.07) is 0. The van der Waals surface area contributed by atoms with E-state index in [4.69, 9.17) is 4.74 Å². The van der Waals surface area contributed by atoms with Gasteiger partial charge in [0.1, 0.15) is 0 Å². The molecule has 1 atom stereocenters. The molecule has 0 aliphatic heterocycles. The highest BCUT2D eigenvalue weighted by Gasteiger charge is 2.22. The molecule has 0 amide bonds. The third kappa shape index (κ3) is 7.73. The maximum absolute atomic E-state index is 11.8. The molecule has 0 aliphatic carbocycles. The summed E-state index contributed by atoms with van der Waals surface area (Å²) in [5.41, 5.74) is 0. The summed E-state index contributed by atoms with van der Waals surface area (Å²) in [5.74, 6) is 0.402. The first-order valence-electron chi connectivity index (χ1n) is 6.41. The van der Waals surface area contributed by atoms with Crippen molar-refractivity contribution in [2.24, 2.45) is 5.92 Å². The van der Waals surface area contributed by atoms with E-state index in [1.165, 1.54) is 0 Å². The van der Waals surface area contributed by atoms with E-state index >= 15 is 0 Å². The molecule has 0 aromatic heterocycles. The molecule has 0 bridgehead atoms. The van der Waals surface area contributed by atoms with Gasteiger partial charge in [-0.3, -0.25) is 0 Å². The van der Waals surface area contributed by atoms with Crippen LogP contribution in [0.25, 0.3) is 0 Å². The molecular weight excluding hydrogens is 238 g/mol. The Morgan fingerprint density at radius 1 is 1.18 bits per heavy atom. The summed E-state index contributed by atoms with van der Waals surface area (Å²) in [5, 5.41) is 2.88. The number of rotatable bonds is 10. The average Bonchev–Trinajstić information content (AvgIpc) is 2.26. The fourth-order valence-corrected chi connectivity index (χ4v) is 3.01. The largest absolute Gasteiger partial charge is 0.382 e. The quantitative estimate of drug-likeness (QED) is 0.608. The van der Waals surface area contributed by atoms with Crippen LogP contribution in [0.3, 0.4) is 0 Å². The van der Waals surface area contributed by atoms with Gasteiger partial charge < -0.3 is 10.1 Å². The highest BCUT2D eigenvalue weighted by molar-refractivity contribution is 7.92. The lowest BCUT2D eigenvalue weighted by Gasteiger charge is -2.16. The third-order valence-corrected chi connectivity index (χ3v) is 5.37. The monoisotopic (exact) mass is 265 g/mol. The zero-order valence-corrected chi connectivity index (χ0v) is 12.3. The van der Waals surface area contributed by atoms with Crippen LogP contribution in [-0.4, -0.2) is 45.7 Å². The number of hydrogen-bond acceptors (Lipinski definition) is 4. The van der Waals surface area contributed by atoms with Crippen LogP contribution in [0.5, 0.6) is 0 Å². The van der Waals surface area contributed by atoms with Crippen molar-refractivity contribution in [2.75, 3.05) is 32.1 Å². The molecule has 5 heteroatoms. The molecule has 0 saturated heterocycles. The Morgan fingerprint density at radius 3 is 2.35 bits per heavy atom. The second-order valence-corrected chi connectivity index (χ2v) is 7.09. The molecule has 0 heterocycles. The highest BCUT2D eigenvalue weighted by Crippen LogP contribution is 2.11. The Labute approximate surface area is 106 Å². The zero-order chi connectivity index (χ0) is 13.3. The molecule has 0 fully saturated rings. The Morgan fingerprint density at radius 2 is 1.82 bits per heavy atom. The average molecular weight is 265 g/mol. The molecular formula is C12H27NO3S. The van der Waals surface area contributed by atoms with Crippen LogP contribution in [0.15, 0.2) is 0 Å². The van der Waals surface area contributed by atoms with Crippen molar-refractivity contribution in [3.63, 3.8) is 0 Å². The predicted molar refractivity (Wildman–Crippen MR) is 72.1 cm³/mol. The van der Waals surface area contributed by atoms with Crippen LogP contribution >= 0.6 is 0 Å². The molecule has 0 rings (SSSR count). The molecule has 104 valence electrons. The summed E-state index contributed by atoms with van der Waals surface area (Å²) in [4.78, 5) is 0. The van der Waals surface area contributed by atoms with E-state index in [1.54, 1.807) is 6.92 Å². The van der Waals surface area contributed by atoms with E-state index in [-0.39, 0.29) is 16.9 Å². The maximum Gasteiger partial charge on any atom is 0.154 e. The first-order chi connectivity index (χ1) is 7.91. The SMILES string of the molecule is CCOCCCNCCS(=O)(=O)C(C)C(C)C. The Kier molecular flexibility index (Phi) is 8.82. The molecule has 17 heavy (non-hydrogen) atoms. The number of sulfone groups is 1. The number of nitrogens with one attached hydrogen (secondary N) is 1. The summed E-state index contributed by atoms with van der Waals surface area (Å²) >= 11 is 0. The lowest BCUT2D eigenvalue weighted by molar-refractivity contribution is 0.145. The van der Waals surface area contributed by atoms with Crippen molar-refractivity contribution in [1.29, 1.82) is 0 Å². The third-order valence-electron chi connectivity index (χ3n) is 2.91. The van der Waals surface area contributed by atoms with E-state index in [0.29, 0.717) is 6.54 Å². The standard InChI is InChI=1S/C12H27NO3S/c1-5-16-9-6-7-13-8-10-17(14,15)12(4)11(2)3/h11-13H,5-10H2,1-4H3. The maximum atomic E-state index is 11.8. The van der Waals surface area contributed by atoms with Crippen molar-refractivity contribution in [3.05, 3.63) is 0 Å². The van der Waals surface area contributed by atoms with Gasteiger partial charge in [-0.05, 0) is 32.7 Å². The smallest absolute Gasteiger partial charge is 0.154 e. The van der Waals surface area contributed by atoms with Gasteiger partial charge in [0.2, 0.25) is 0 Å². The van der Waals surface area contributed by atoms with Gasteiger partial charge in [0.25, 0.3) is 0 Å². The van der Waals surface area contributed by atoms with Gasteiger partial charge in [-0.15, -0.1) is 0 Å². The van der Waals surface area contributed by atoms with E-state index in [0.717, 1.165) is 26.2 Å². The van der Waals surface area contributed by atoms with Crippen LogP contribution in [0.2, 0.25) is 0 Å². The lowest BCUT2D eigenvalue weighted by atomic mass is 10.2. The van der Waals surface area contributed by atoms with Crippen LogP contribution in [-0.2, 0) is 14.6 Å².